The summed E-state index contributed by atoms with van der Waals surface area (Å²) in [5, 5.41) is 0. The molecule has 1 aliphatic rings. The molecule has 1 heterocycles. The second-order valence-electron chi connectivity index (χ2n) is 3.14. The van der Waals surface area contributed by atoms with E-state index in [0.29, 0.717) is 6.04 Å². The predicted molar refractivity (Wildman–Crippen MR) is 51.4 cm³/mol. The Balaban J connectivity index is 2.00. The van der Waals surface area contributed by atoms with Crippen molar-refractivity contribution in [2.75, 3.05) is 0 Å². The van der Waals surface area contributed by atoms with Crippen LogP contribution in [0, 0.1) is 0 Å². The zero-order chi connectivity index (χ0) is 8.93. The first-order valence-corrected chi connectivity index (χ1v) is 4.51. The van der Waals surface area contributed by atoms with Gasteiger partial charge in [0.2, 0.25) is 0 Å². The van der Waals surface area contributed by atoms with Crippen molar-refractivity contribution in [1.82, 2.24) is 4.98 Å². The van der Waals surface area contributed by atoms with Crippen molar-refractivity contribution >= 4 is 11.7 Å². The Morgan fingerprint density at radius 1 is 1.46 bits per heavy atom. The number of rotatable bonds is 2. The Labute approximate surface area is 77.3 Å². The molecule has 0 radical (unpaired) electrons. The molecule has 1 aromatic heterocycles. The summed E-state index contributed by atoms with van der Waals surface area (Å²) < 4.78 is 0. The summed E-state index contributed by atoms with van der Waals surface area (Å²) in [7, 11) is 0. The molecule has 1 saturated carbocycles. The monoisotopic (exact) mass is 173 g/mol. The number of aromatic nitrogens is 1. The van der Waals surface area contributed by atoms with Gasteiger partial charge in [0.15, 0.2) is 0 Å². The lowest BCUT2D eigenvalue weighted by molar-refractivity contribution is 0.422. The second-order valence-corrected chi connectivity index (χ2v) is 3.14. The van der Waals surface area contributed by atoms with E-state index in [9.17, 15) is 0 Å². The minimum atomic E-state index is 0.473. The first-order chi connectivity index (χ1) is 6.45. The van der Waals surface area contributed by atoms with Gasteiger partial charge in [-0.1, -0.05) is 0 Å². The van der Waals surface area contributed by atoms with E-state index in [-0.39, 0.29) is 0 Å². The van der Waals surface area contributed by atoms with E-state index in [2.05, 4.69) is 21.0 Å². The molecular formula is C10H11N3. The van der Waals surface area contributed by atoms with E-state index >= 15 is 0 Å². The van der Waals surface area contributed by atoms with Crippen LogP contribution in [0.1, 0.15) is 19.3 Å². The van der Waals surface area contributed by atoms with E-state index in [0.717, 1.165) is 5.69 Å². The van der Waals surface area contributed by atoms with Crippen molar-refractivity contribution < 1.29 is 0 Å². The molecule has 2 rings (SSSR count). The van der Waals surface area contributed by atoms with Gasteiger partial charge in [0.1, 0.15) is 0 Å². The van der Waals surface area contributed by atoms with Crippen LogP contribution < -0.4 is 0 Å². The first-order valence-electron chi connectivity index (χ1n) is 4.51. The maximum absolute atomic E-state index is 4.18. The van der Waals surface area contributed by atoms with Crippen LogP contribution >= 0.6 is 0 Å². The number of nitrogens with zero attached hydrogens (tertiary/aromatic N) is 3. The minimum absolute atomic E-state index is 0.473. The van der Waals surface area contributed by atoms with Gasteiger partial charge in [-0.15, -0.1) is 0 Å². The van der Waals surface area contributed by atoms with Gasteiger partial charge in [-0.2, -0.15) is 4.99 Å². The Kier molecular flexibility index (Phi) is 2.48. The molecular weight excluding hydrogens is 162 g/mol. The zero-order valence-electron chi connectivity index (χ0n) is 7.35. The molecule has 0 saturated heterocycles. The van der Waals surface area contributed by atoms with Gasteiger partial charge in [-0.25, -0.2) is 4.99 Å². The highest BCUT2D eigenvalue weighted by molar-refractivity contribution is 5.51. The summed E-state index contributed by atoms with van der Waals surface area (Å²) in [6.45, 7) is 0. The molecule has 0 unspecified atom stereocenters. The van der Waals surface area contributed by atoms with Crippen molar-refractivity contribution in [3.63, 3.8) is 0 Å². The number of hydrogen-bond donors (Lipinski definition) is 0. The van der Waals surface area contributed by atoms with Crippen molar-refractivity contribution in [2.45, 2.75) is 25.3 Å². The number of pyridine rings is 1. The predicted octanol–water partition coefficient (Wildman–Crippen LogP) is 2.44. The standard InChI is InChI=1S/C10H11N3/c1-3-9(4-1)12-8-13-10-5-2-6-11-7-10/h2,5-7,9H,1,3-4H2. The topological polar surface area (TPSA) is 37.6 Å². The van der Waals surface area contributed by atoms with Gasteiger partial charge in [0.25, 0.3) is 0 Å². The van der Waals surface area contributed by atoms with Gasteiger partial charge >= 0.3 is 0 Å². The van der Waals surface area contributed by atoms with Crippen molar-refractivity contribution in [1.29, 1.82) is 0 Å². The van der Waals surface area contributed by atoms with Gasteiger partial charge in [0.05, 0.1) is 23.9 Å². The maximum Gasteiger partial charge on any atom is 0.0952 e. The first kappa shape index (κ1) is 8.14. The highest BCUT2D eigenvalue weighted by Crippen LogP contribution is 2.21. The SMILES string of the molecule is C(=Nc1cccnc1)=NC1CCC1. The fourth-order valence-corrected chi connectivity index (χ4v) is 1.10. The molecule has 1 aromatic rings. The molecule has 0 spiro atoms. The molecule has 0 aliphatic heterocycles. The normalized spacial score (nSPS) is 15.7. The molecule has 0 atom stereocenters. The summed E-state index contributed by atoms with van der Waals surface area (Å²) in [5.41, 5.74) is 0.811. The second kappa shape index (κ2) is 3.97. The van der Waals surface area contributed by atoms with E-state index in [1.165, 1.54) is 19.3 Å². The maximum atomic E-state index is 4.18. The fourth-order valence-electron chi connectivity index (χ4n) is 1.10. The Morgan fingerprint density at radius 3 is 3.00 bits per heavy atom. The van der Waals surface area contributed by atoms with E-state index in [1.807, 2.05) is 12.1 Å². The van der Waals surface area contributed by atoms with Crippen molar-refractivity contribution in [3.05, 3.63) is 24.5 Å². The smallest absolute Gasteiger partial charge is 0.0952 e. The molecule has 0 bridgehead atoms. The molecule has 13 heavy (non-hydrogen) atoms. The van der Waals surface area contributed by atoms with Crippen molar-refractivity contribution in [2.24, 2.45) is 9.98 Å². The van der Waals surface area contributed by atoms with Crippen LogP contribution in [-0.4, -0.2) is 17.0 Å². The van der Waals surface area contributed by atoms with Gasteiger partial charge < -0.3 is 0 Å². The number of hydrogen-bond acceptors (Lipinski definition) is 3. The van der Waals surface area contributed by atoms with Crippen LogP contribution in [0.15, 0.2) is 34.5 Å². The molecule has 0 aromatic carbocycles. The van der Waals surface area contributed by atoms with Crippen LogP contribution in [0.2, 0.25) is 0 Å². The highest BCUT2D eigenvalue weighted by atomic mass is 14.9. The van der Waals surface area contributed by atoms with Gasteiger partial charge in [-0.05, 0) is 31.4 Å². The lowest BCUT2D eigenvalue weighted by atomic mass is 9.94. The Bertz CT molecular complexity index is 321. The molecule has 3 heteroatoms. The quantitative estimate of drug-likeness (QED) is 0.633. The Hall–Kier alpha value is -1.47. The average molecular weight is 173 g/mol. The van der Waals surface area contributed by atoms with Gasteiger partial charge in [-0.3, -0.25) is 4.98 Å². The highest BCUT2D eigenvalue weighted by Gasteiger charge is 2.14. The van der Waals surface area contributed by atoms with Crippen molar-refractivity contribution in [3.8, 4) is 0 Å². The lowest BCUT2D eigenvalue weighted by Gasteiger charge is -2.18. The van der Waals surface area contributed by atoms with Crippen LogP contribution in [0.5, 0.6) is 0 Å². The number of aliphatic imine (C=N–C) groups is 2. The van der Waals surface area contributed by atoms with Crippen LogP contribution in [-0.2, 0) is 0 Å². The third kappa shape index (κ3) is 2.23. The van der Waals surface area contributed by atoms with E-state index < -0.39 is 0 Å². The molecule has 0 N–H and O–H groups in total. The molecule has 1 aliphatic carbocycles. The summed E-state index contributed by atoms with van der Waals surface area (Å²) in [6, 6.07) is 6.92. The molecule has 1 fully saturated rings. The fraction of sp³-hybridized carbons (Fsp3) is 0.400. The zero-order valence-corrected chi connectivity index (χ0v) is 7.35. The van der Waals surface area contributed by atoms with Crippen LogP contribution in [0.4, 0.5) is 5.69 Å². The summed E-state index contributed by atoms with van der Waals surface area (Å²) >= 11 is 0. The summed E-state index contributed by atoms with van der Waals surface area (Å²) in [5.74, 6) is 0. The summed E-state index contributed by atoms with van der Waals surface area (Å²) in [4.78, 5) is 12.2. The Morgan fingerprint density at radius 2 is 2.38 bits per heavy atom. The third-order valence-corrected chi connectivity index (χ3v) is 2.14. The van der Waals surface area contributed by atoms with Crippen LogP contribution in [0.3, 0.4) is 0 Å². The van der Waals surface area contributed by atoms with E-state index in [4.69, 9.17) is 0 Å². The summed E-state index contributed by atoms with van der Waals surface area (Å²) in [6.07, 6.45) is 7.10. The van der Waals surface area contributed by atoms with E-state index in [1.54, 1.807) is 12.4 Å². The molecule has 3 nitrogen and oxygen atoms in total. The average Bonchev–Trinajstić information content (AvgIpc) is 2.11. The molecule has 66 valence electrons. The lowest BCUT2D eigenvalue weighted by Crippen LogP contribution is -2.13. The van der Waals surface area contributed by atoms with Gasteiger partial charge in [0, 0.05) is 6.20 Å². The van der Waals surface area contributed by atoms with Crippen LogP contribution in [0.25, 0.3) is 0 Å². The largest absolute Gasteiger partial charge is 0.262 e. The molecule has 0 amide bonds. The third-order valence-electron chi connectivity index (χ3n) is 2.14. The minimum Gasteiger partial charge on any atom is -0.262 e.